The van der Waals surface area contributed by atoms with Crippen molar-refractivity contribution < 1.29 is 19.1 Å². The molecule has 26 heavy (non-hydrogen) atoms. The largest absolute Gasteiger partial charge is 0.482 e. The van der Waals surface area contributed by atoms with Gasteiger partial charge in [0, 0.05) is 18.1 Å². The predicted octanol–water partition coefficient (Wildman–Crippen LogP) is 3.24. The molecular weight excluding hydrogens is 354 g/mol. The molecule has 3 rings (SSSR count). The molecule has 0 spiro atoms. The molecule has 2 aromatic rings. The average Bonchev–Trinajstić information content (AvgIpc) is 2.65. The van der Waals surface area contributed by atoms with E-state index in [0.717, 1.165) is 12.0 Å². The van der Waals surface area contributed by atoms with Crippen LogP contribution in [0.1, 0.15) is 18.1 Å². The van der Waals surface area contributed by atoms with E-state index in [1.807, 2.05) is 18.2 Å². The van der Waals surface area contributed by atoms with Crippen molar-refractivity contribution in [3.8, 4) is 5.75 Å². The van der Waals surface area contributed by atoms with Gasteiger partial charge in [-0.1, -0.05) is 41.9 Å². The second-order valence-electron chi connectivity index (χ2n) is 6.16. The van der Waals surface area contributed by atoms with Gasteiger partial charge in [-0.25, -0.2) is 4.79 Å². The van der Waals surface area contributed by atoms with Crippen LogP contribution in [0.4, 0.5) is 0 Å². The minimum absolute atomic E-state index is 0.199. The summed E-state index contributed by atoms with van der Waals surface area (Å²) in [5, 5.41) is 0.518. The number of rotatable bonds is 5. The van der Waals surface area contributed by atoms with Crippen LogP contribution in [0.2, 0.25) is 5.02 Å². The summed E-state index contributed by atoms with van der Waals surface area (Å²) < 4.78 is 10.6. The number of fused-ring (bicyclic) bond motifs is 1. The fraction of sp³-hybridized carbons (Fsp3) is 0.300. The summed E-state index contributed by atoms with van der Waals surface area (Å²) in [5.41, 5.74) is 2.39. The number of esters is 1. The zero-order valence-electron chi connectivity index (χ0n) is 14.5. The summed E-state index contributed by atoms with van der Waals surface area (Å²) in [4.78, 5) is 26.2. The maximum Gasteiger partial charge on any atom is 0.344 e. The first-order valence-corrected chi connectivity index (χ1v) is 8.84. The first-order valence-electron chi connectivity index (χ1n) is 8.46. The maximum atomic E-state index is 12.6. The molecule has 0 aromatic heterocycles. The zero-order chi connectivity index (χ0) is 18.5. The Kier molecular flexibility index (Phi) is 5.78. The van der Waals surface area contributed by atoms with E-state index in [9.17, 15) is 9.59 Å². The third kappa shape index (κ3) is 4.55. The van der Waals surface area contributed by atoms with Gasteiger partial charge in [-0.15, -0.1) is 0 Å². The number of amides is 1. The van der Waals surface area contributed by atoms with Crippen LogP contribution in [0.15, 0.2) is 48.5 Å². The quantitative estimate of drug-likeness (QED) is 0.755. The fourth-order valence-corrected chi connectivity index (χ4v) is 3.10. The highest BCUT2D eigenvalue weighted by molar-refractivity contribution is 6.30. The molecule has 5 nitrogen and oxygen atoms in total. The zero-order valence-corrected chi connectivity index (χ0v) is 15.2. The third-order valence-electron chi connectivity index (χ3n) is 4.25. The van der Waals surface area contributed by atoms with Crippen LogP contribution in [-0.2, 0) is 27.3 Å². The van der Waals surface area contributed by atoms with Crippen molar-refractivity contribution >= 4 is 23.5 Å². The number of benzene rings is 2. The number of carbonyl (C=O) groups excluding carboxylic acids is 2. The fourth-order valence-electron chi connectivity index (χ4n) is 2.92. The Morgan fingerprint density at radius 2 is 1.92 bits per heavy atom. The third-order valence-corrected chi connectivity index (χ3v) is 4.49. The van der Waals surface area contributed by atoms with E-state index in [0.29, 0.717) is 23.9 Å². The summed E-state index contributed by atoms with van der Waals surface area (Å²) in [7, 11) is 0. The van der Waals surface area contributed by atoms with E-state index in [2.05, 4.69) is 6.07 Å². The van der Waals surface area contributed by atoms with Crippen molar-refractivity contribution in [2.45, 2.75) is 26.0 Å². The maximum absolute atomic E-state index is 12.6. The lowest BCUT2D eigenvalue weighted by Crippen LogP contribution is -2.43. The molecule has 1 aliphatic rings. The van der Waals surface area contributed by atoms with Crippen LogP contribution in [0.3, 0.4) is 0 Å². The number of ether oxygens (including phenoxy) is 2. The van der Waals surface area contributed by atoms with Gasteiger partial charge in [0.2, 0.25) is 0 Å². The summed E-state index contributed by atoms with van der Waals surface area (Å²) >= 11 is 5.86. The number of nitrogens with zero attached hydrogens (tertiary/aromatic N) is 1. The lowest BCUT2D eigenvalue weighted by molar-refractivity contribution is -0.161. The second-order valence-corrected chi connectivity index (χ2v) is 6.59. The van der Waals surface area contributed by atoms with Crippen LogP contribution in [-0.4, -0.2) is 36.0 Å². The number of hydrogen-bond donors (Lipinski definition) is 0. The van der Waals surface area contributed by atoms with Crippen molar-refractivity contribution in [3.63, 3.8) is 0 Å². The van der Waals surface area contributed by atoms with Gasteiger partial charge < -0.3 is 14.4 Å². The number of carbonyl (C=O) groups is 2. The van der Waals surface area contributed by atoms with Crippen LogP contribution in [0.5, 0.6) is 5.75 Å². The van der Waals surface area contributed by atoms with Crippen molar-refractivity contribution in [3.05, 3.63) is 64.7 Å². The Labute approximate surface area is 157 Å². The van der Waals surface area contributed by atoms with Crippen molar-refractivity contribution in [1.29, 1.82) is 0 Å². The minimum atomic E-state index is -0.851. The molecule has 1 amide bonds. The van der Waals surface area contributed by atoms with Gasteiger partial charge in [0.25, 0.3) is 5.91 Å². The van der Waals surface area contributed by atoms with E-state index in [1.54, 1.807) is 36.1 Å². The molecule has 6 heteroatoms. The Morgan fingerprint density at radius 1 is 1.15 bits per heavy atom. The van der Waals surface area contributed by atoms with Gasteiger partial charge in [-0.2, -0.15) is 0 Å². The highest BCUT2D eigenvalue weighted by Crippen LogP contribution is 2.20. The molecule has 0 fully saturated rings. The van der Waals surface area contributed by atoms with Crippen LogP contribution >= 0.6 is 11.6 Å². The molecule has 0 aliphatic carbocycles. The minimum Gasteiger partial charge on any atom is -0.482 e. The van der Waals surface area contributed by atoms with Crippen LogP contribution in [0.25, 0.3) is 0 Å². The molecule has 0 saturated heterocycles. The summed E-state index contributed by atoms with van der Waals surface area (Å²) in [5.74, 6) is -0.320. The molecule has 0 saturated carbocycles. The normalized spacial score (nSPS) is 14.3. The van der Waals surface area contributed by atoms with Gasteiger partial charge >= 0.3 is 5.97 Å². The summed E-state index contributed by atoms with van der Waals surface area (Å²) in [6.07, 6.45) is -0.0452. The number of halogens is 1. The first kappa shape index (κ1) is 18.3. The number of hydrogen-bond acceptors (Lipinski definition) is 4. The Balaban J connectivity index is 1.50. The molecule has 136 valence electrons. The lowest BCUT2D eigenvalue weighted by Gasteiger charge is -2.30. The summed E-state index contributed by atoms with van der Waals surface area (Å²) in [6.45, 7) is 2.47. The van der Waals surface area contributed by atoms with Crippen LogP contribution < -0.4 is 4.74 Å². The van der Waals surface area contributed by atoms with Gasteiger partial charge in [0.05, 0.1) is 0 Å². The molecule has 1 heterocycles. The van der Waals surface area contributed by atoms with Gasteiger partial charge in [-0.05, 0) is 42.7 Å². The van der Waals surface area contributed by atoms with Crippen molar-refractivity contribution in [1.82, 2.24) is 4.90 Å². The van der Waals surface area contributed by atoms with Crippen molar-refractivity contribution in [2.24, 2.45) is 0 Å². The molecule has 2 aromatic carbocycles. The Hall–Kier alpha value is -2.53. The predicted molar refractivity (Wildman–Crippen MR) is 98.1 cm³/mol. The van der Waals surface area contributed by atoms with E-state index in [-0.39, 0.29) is 12.5 Å². The smallest absolute Gasteiger partial charge is 0.344 e. The van der Waals surface area contributed by atoms with Crippen LogP contribution in [0, 0.1) is 0 Å². The molecule has 1 aliphatic heterocycles. The molecule has 1 atom stereocenters. The molecule has 0 bridgehead atoms. The molecule has 0 N–H and O–H groups in total. The Bertz CT molecular complexity index is 808. The van der Waals surface area contributed by atoms with E-state index in [4.69, 9.17) is 21.1 Å². The molecular formula is C20H20ClNO4. The standard InChI is InChI=1S/C20H20ClNO4/c1-14(26-19(23)13-25-18-8-4-7-17(21)11-18)20(24)22-10-9-15-5-2-3-6-16(15)12-22/h2-8,11,14H,9-10,12-13H2,1H3/t14-/m1/s1. The van der Waals surface area contributed by atoms with Gasteiger partial charge in [0.15, 0.2) is 12.7 Å². The SMILES string of the molecule is C[C@@H](OC(=O)COc1cccc(Cl)c1)C(=O)N1CCc2ccccc2C1. The molecule has 0 unspecified atom stereocenters. The first-order chi connectivity index (χ1) is 12.5. The van der Waals surface area contributed by atoms with Gasteiger partial charge in [0.1, 0.15) is 5.75 Å². The lowest BCUT2D eigenvalue weighted by atomic mass is 9.99. The monoisotopic (exact) mass is 373 g/mol. The van der Waals surface area contributed by atoms with E-state index < -0.39 is 12.1 Å². The second kappa shape index (κ2) is 8.23. The topological polar surface area (TPSA) is 55.8 Å². The van der Waals surface area contributed by atoms with Crippen molar-refractivity contribution in [2.75, 3.05) is 13.2 Å². The van der Waals surface area contributed by atoms with E-state index >= 15 is 0 Å². The van der Waals surface area contributed by atoms with E-state index in [1.165, 1.54) is 5.56 Å². The highest BCUT2D eigenvalue weighted by Gasteiger charge is 2.26. The average molecular weight is 374 g/mol. The molecule has 0 radical (unpaired) electrons. The highest BCUT2D eigenvalue weighted by atomic mass is 35.5. The summed E-state index contributed by atoms with van der Waals surface area (Å²) in [6, 6.07) is 14.8. The Morgan fingerprint density at radius 3 is 2.69 bits per heavy atom. The van der Waals surface area contributed by atoms with Gasteiger partial charge in [-0.3, -0.25) is 4.79 Å².